The third-order valence-corrected chi connectivity index (χ3v) is 4.93. The van der Waals surface area contributed by atoms with Crippen LogP contribution in [0.3, 0.4) is 0 Å². The molecule has 31 heavy (non-hydrogen) atoms. The molecule has 1 heterocycles. The number of carbonyl (C=O) groups excluding carboxylic acids is 1. The van der Waals surface area contributed by atoms with Crippen molar-refractivity contribution in [2.45, 2.75) is 14.9 Å². The molecule has 0 aliphatic carbocycles. The summed E-state index contributed by atoms with van der Waals surface area (Å²) in [6.45, 7) is 0. The molecule has 1 aromatic heterocycles. The number of carboxylic acid groups (broad SMARTS) is 1. The summed E-state index contributed by atoms with van der Waals surface area (Å²) in [5.41, 5.74) is 1.55. The van der Waals surface area contributed by atoms with Crippen LogP contribution in [0.2, 0.25) is 10.0 Å². The molecule has 0 aliphatic heterocycles. The van der Waals surface area contributed by atoms with Crippen LogP contribution in [-0.2, 0) is 0 Å². The largest absolute Gasteiger partial charge is 0.478 e. The molecule has 4 rings (SSSR count). The molecule has 0 fully saturated rings. The van der Waals surface area contributed by atoms with E-state index in [1.165, 1.54) is 30.3 Å². The molecule has 160 valence electrons. The average Bonchev–Trinajstić information content (AvgIpc) is 3.12. The number of halogens is 2. The molecule has 0 atom stereocenters. The van der Waals surface area contributed by atoms with E-state index in [1.54, 1.807) is 6.07 Å². The quantitative estimate of drug-likeness (QED) is 0.330. The predicted molar refractivity (Wildman–Crippen MR) is 126 cm³/mol. The van der Waals surface area contributed by atoms with Gasteiger partial charge < -0.3 is 14.8 Å². The standard InChI is InChI=1S/C22H13Cl2NO4.2CH4/c23-14-6-7-15(17(24)11-14)21(26)25-18-8-5-13(9-16(18)22(27)28)20-10-12-3-1-2-4-19(12)29-20;;/h1-11H,(H,25,26)(H,27,28);2*1H4. The van der Waals surface area contributed by atoms with Gasteiger partial charge in [-0.15, -0.1) is 0 Å². The van der Waals surface area contributed by atoms with E-state index in [0.29, 0.717) is 21.9 Å². The summed E-state index contributed by atoms with van der Waals surface area (Å²) in [4.78, 5) is 24.3. The molecule has 0 spiro atoms. The number of carboxylic acids is 1. The van der Waals surface area contributed by atoms with Gasteiger partial charge in [0.2, 0.25) is 0 Å². The summed E-state index contributed by atoms with van der Waals surface area (Å²) >= 11 is 11.9. The van der Waals surface area contributed by atoms with E-state index in [-0.39, 0.29) is 36.7 Å². The van der Waals surface area contributed by atoms with Gasteiger partial charge in [-0.05, 0) is 48.5 Å². The lowest BCUT2D eigenvalue weighted by atomic mass is 10.1. The smallest absolute Gasteiger partial charge is 0.337 e. The number of anilines is 1. The van der Waals surface area contributed by atoms with Gasteiger partial charge >= 0.3 is 5.97 Å². The predicted octanol–water partition coefficient (Wildman–Crippen LogP) is 7.63. The van der Waals surface area contributed by atoms with Crippen LogP contribution in [0.15, 0.2) is 71.1 Å². The van der Waals surface area contributed by atoms with Crippen molar-refractivity contribution in [1.82, 2.24) is 0 Å². The van der Waals surface area contributed by atoms with Crippen molar-refractivity contribution in [3.05, 3.63) is 87.9 Å². The molecular formula is C24H21Cl2NO4. The Morgan fingerprint density at radius 1 is 0.871 bits per heavy atom. The number of fused-ring (bicyclic) bond motifs is 1. The lowest BCUT2D eigenvalue weighted by molar-refractivity contribution is 0.0698. The number of amides is 1. The van der Waals surface area contributed by atoms with Crippen LogP contribution in [0.1, 0.15) is 35.6 Å². The highest BCUT2D eigenvalue weighted by Gasteiger charge is 2.18. The van der Waals surface area contributed by atoms with Crippen molar-refractivity contribution >= 4 is 51.7 Å². The Balaban J connectivity index is 0.00000171. The third kappa shape index (κ3) is 4.90. The molecule has 3 aromatic carbocycles. The molecule has 0 aliphatic rings. The van der Waals surface area contributed by atoms with Crippen molar-refractivity contribution in [2.24, 2.45) is 0 Å². The van der Waals surface area contributed by atoms with Gasteiger partial charge in [-0.1, -0.05) is 56.3 Å². The summed E-state index contributed by atoms with van der Waals surface area (Å²) in [5.74, 6) is -1.18. The van der Waals surface area contributed by atoms with E-state index >= 15 is 0 Å². The van der Waals surface area contributed by atoms with Crippen molar-refractivity contribution < 1.29 is 19.1 Å². The minimum Gasteiger partial charge on any atom is -0.478 e. The van der Waals surface area contributed by atoms with Crippen LogP contribution in [0, 0.1) is 0 Å². The maximum atomic E-state index is 12.5. The molecule has 0 bridgehead atoms. The molecule has 7 heteroatoms. The van der Waals surface area contributed by atoms with Crippen LogP contribution in [-0.4, -0.2) is 17.0 Å². The minimum absolute atomic E-state index is 0. The molecule has 0 radical (unpaired) electrons. The van der Waals surface area contributed by atoms with Crippen LogP contribution in [0.4, 0.5) is 5.69 Å². The number of hydrogen-bond acceptors (Lipinski definition) is 3. The van der Waals surface area contributed by atoms with Gasteiger partial charge in [-0.2, -0.15) is 0 Å². The Hall–Kier alpha value is -3.28. The summed E-state index contributed by atoms with van der Waals surface area (Å²) < 4.78 is 5.80. The summed E-state index contributed by atoms with van der Waals surface area (Å²) in [6, 6.07) is 18.4. The Morgan fingerprint density at radius 3 is 2.29 bits per heavy atom. The van der Waals surface area contributed by atoms with E-state index in [0.717, 1.165) is 5.39 Å². The van der Waals surface area contributed by atoms with E-state index in [1.807, 2.05) is 30.3 Å². The first kappa shape index (κ1) is 24.0. The number of furan rings is 1. The fourth-order valence-electron chi connectivity index (χ4n) is 2.97. The van der Waals surface area contributed by atoms with Gasteiger partial charge in [0, 0.05) is 16.0 Å². The van der Waals surface area contributed by atoms with Gasteiger partial charge in [0.25, 0.3) is 5.91 Å². The zero-order valence-corrected chi connectivity index (χ0v) is 16.3. The fourth-order valence-corrected chi connectivity index (χ4v) is 3.47. The number of rotatable bonds is 4. The molecule has 0 unspecified atom stereocenters. The molecule has 5 nitrogen and oxygen atoms in total. The first-order valence-corrected chi connectivity index (χ1v) is 9.30. The van der Waals surface area contributed by atoms with Gasteiger partial charge in [-0.25, -0.2) is 4.79 Å². The van der Waals surface area contributed by atoms with Crippen LogP contribution in [0.25, 0.3) is 22.3 Å². The molecule has 4 aromatic rings. The zero-order valence-electron chi connectivity index (χ0n) is 14.8. The molecule has 1 amide bonds. The van der Waals surface area contributed by atoms with Crippen LogP contribution >= 0.6 is 23.2 Å². The highest BCUT2D eigenvalue weighted by molar-refractivity contribution is 6.37. The third-order valence-electron chi connectivity index (χ3n) is 4.38. The highest BCUT2D eigenvalue weighted by atomic mass is 35.5. The Bertz CT molecular complexity index is 1230. The first-order chi connectivity index (χ1) is 13.9. The van der Waals surface area contributed by atoms with Crippen molar-refractivity contribution in [1.29, 1.82) is 0 Å². The van der Waals surface area contributed by atoms with Gasteiger partial charge in [0.05, 0.1) is 21.8 Å². The first-order valence-electron chi connectivity index (χ1n) is 8.55. The molecular weight excluding hydrogens is 437 g/mol. The number of carbonyl (C=O) groups is 2. The summed E-state index contributed by atoms with van der Waals surface area (Å²) in [5, 5.41) is 13.7. The molecule has 2 N–H and O–H groups in total. The molecule has 0 saturated carbocycles. The minimum atomic E-state index is -1.18. The average molecular weight is 458 g/mol. The van der Waals surface area contributed by atoms with E-state index in [4.69, 9.17) is 27.6 Å². The Morgan fingerprint density at radius 2 is 1.61 bits per heavy atom. The van der Waals surface area contributed by atoms with Crippen LogP contribution < -0.4 is 5.32 Å². The molecule has 0 saturated heterocycles. The van der Waals surface area contributed by atoms with Gasteiger partial charge in [0.1, 0.15) is 11.3 Å². The van der Waals surface area contributed by atoms with Crippen LogP contribution in [0.5, 0.6) is 0 Å². The SMILES string of the molecule is C.C.O=C(Nc1ccc(-c2cc3ccccc3o2)cc1C(=O)O)c1ccc(Cl)cc1Cl. The highest BCUT2D eigenvalue weighted by Crippen LogP contribution is 2.31. The zero-order chi connectivity index (χ0) is 20.5. The van der Waals surface area contributed by atoms with E-state index in [2.05, 4.69) is 5.32 Å². The monoisotopic (exact) mass is 457 g/mol. The van der Waals surface area contributed by atoms with E-state index in [9.17, 15) is 14.7 Å². The number of benzene rings is 3. The number of aromatic carboxylic acids is 1. The topological polar surface area (TPSA) is 79.5 Å². The summed E-state index contributed by atoms with van der Waals surface area (Å²) in [7, 11) is 0. The maximum absolute atomic E-state index is 12.5. The second-order valence-electron chi connectivity index (χ2n) is 6.29. The Kier molecular flexibility index (Phi) is 7.50. The maximum Gasteiger partial charge on any atom is 0.337 e. The van der Waals surface area contributed by atoms with Crippen molar-refractivity contribution in [3.63, 3.8) is 0 Å². The number of nitrogens with one attached hydrogen (secondary N) is 1. The van der Waals surface area contributed by atoms with Gasteiger partial charge in [0.15, 0.2) is 0 Å². The van der Waals surface area contributed by atoms with Gasteiger partial charge in [-0.3, -0.25) is 4.79 Å². The van der Waals surface area contributed by atoms with Crippen molar-refractivity contribution in [2.75, 3.05) is 5.32 Å². The normalized spacial score (nSPS) is 10.1. The second-order valence-corrected chi connectivity index (χ2v) is 7.14. The van der Waals surface area contributed by atoms with Crippen molar-refractivity contribution in [3.8, 4) is 11.3 Å². The van der Waals surface area contributed by atoms with E-state index < -0.39 is 11.9 Å². The Labute approximate surface area is 190 Å². The lowest BCUT2D eigenvalue weighted by Gasteiger charge is -2.11. The second kappa shape index (κ2) is 9.69. The lowest BCUT2D eigenvalue weighted by Crippen LogP contribution is -2.15. The summed E-state index contributed by atoms with van der Waals surface area (Å²) in [6.07, 6.45) is 0. The fraction of sp³-hybridized carbons (Fsp3) is 0.0833. The number of hydrogen-bond donors (Lipinski definition) is 2. The number of para-hydroxylation sites is 1.